The highest BCUT2D eigenvalue weighted by molar-refractivity contribution is 7.92. The summed E-state index contributed by atoms with van der Waals surface area (Å²) in [6.45, 7) is 0. The quantitative estimate of drug-likeness (QED) is 0.848. The highest BCUT2D eigenvalue weighted by Gasteiger charge is 2.19. The van der Waals surface area contributed by atoms with Crippen LogP contribution < -0.4 is 10.5 Å². The fraction of sp³-hybridized carbons (Fsp3) is 0. The third-order valence-corrected chi connectivity index (χ3v) is 4.26. The molecule has 108 valence electrons. The number of nitrogens with zero attached hydrogens (tertiary/aromatic N) is 1. The van der Waals surface area contributed by atoms with Gasteiger partial charge in [-0.1, -0.05) is 11.6 Å². The Labute approximate surface area is 125 Å². The van der Waals surface area contributed by atoms with Crippen molar-refractivity contribution in [1.82, 2.24) is 0 Å². The molecule has 0 saturated heterocycles. The predicted molar refractivity (Wildman–Crippen MR) is 77.8 cm³/mol. The number of hydrogen-bond acceptors (Lipinski definition) is 4. The molecule has 0 aliphatic heterocycles. The van der Waals surface area contributed by atoms with E-state index in [1.165, 1.54) is 18.2 Å². The maximum absolute atomic E-state index is 13.1. The van der Waals surface area contributed by atoms with E-state index in [4.69, 9.17) is 22.6 Å². The molecule has 0 spiro atoms. The van der Waals surface area contributed by atoms with Crippen LogP contribution in [0.15, 0.2) is 41.3 Å². The molecular weight excluding hydrogens is 317 g/mol. The zero-order chi connectivity index (χ0) is 15.6. The van der Waals surface area contributed by atoms with Crippen LogP contribution in [0.3, 0.4) is 0 Å². The number of anilines is 2. The number of nitrogens with one attached hydrogen (secondary N) is 1. The fourth-order valence-electron chi connectivity index (χ4n) is 1.63. The standard InChI is InChI=1S/C13H9ClFN3O2S/c14-9-2-1-8(7-16)13(5-9)21(19,20)18-10-3-4-11(15)12(17)6-10/h1-6,18H,17H2. The van der Waals surface area contributed by atoms with Crippen LogP contribution in [-0.4, -0.2) is 8.42 Å². The van der Waals surface area contributed by atoms with E-state index in [1.54, 1.807) is 6.07 Å². The van der Waals surface area contributed by atoms with Gasteiger partial charge in [-0.3, -0.25) is 4.72 Å². The van der Waals surface area contributed by atoms with E-state index < -0.39 is 15.8 Å². The van der Waals surface area contributed by atoms with Crippen LogP contribution >= 0.6 is 11.6 Å². The van der Waals surface area contributed by atoms with Gasteiger partial charge in [0.05, 0.1) is 16.9 Å². The van der Waals surface area contributed by atoms with Crippen molar-refractivity contribution in [3.8, 4) is 6.07 Å². The van der Waals surface area contributed by atoms with Crippen LogP contribution in [0.2, 0.25) is 5.02 Å². The number of hydrogen-bond donors (Lipinski definition) is 2. The van der Waals surface area contributed by atoms with Crippen LogP contribution in [-0.2, 0) is 10.0 Å². The molecule has 2 rings (SSSR count). The molecule has 0 amide bonds. The molecule has 5 nitrogen and oxygen atoms in total. The smallest absolute Gasteiger partial charge is 0.263 e. The number of halogens is 2. The lowest BCUT2D eigenvalue weighted by Gasteiger charge is -2.10. The summed E-state index contributed by atoms with van der Waals surface area (Å²) >= 11 is 5.76. The Balaban J connectivity index is 2.46. The highest BCUT2D eigenvalue weighted by atomic mass is 35.5. The van der Waals surface area contributed by atoms with Gasteiger partial charge in [-0.05, 0) is 36.4 Å². The molecule has 0 saturated carbocycles. The van der Waals surface area contributed by atoms with E-state index >= 15 is 0 Å². The normalized spacial score (nSPS) is 10.9. The fourth-order valence-corrected chi connectivity index (χ4v) is 3.10. The number of nitriles is 1. The third-order valence-electron chi connectivity index (χ3n) is 2.60. The molecule has 0 heterocycles. The monoisotopic (exact) mass is 325 g/mol. The van der Waals surface area contributed by atoms with E-state index in [0.29, 0.717) is 0 Å². The van der Waals surface area contributed by atoms with Gasteiger partial charge in [0.1, 0.15) is 16.8 Å². The number of sulfonamides is 1. The summed E-state index contributed by atoms with van der Waals surface area (Å²) in [6, 6.07) is 9.05. The van der Waals surface area contributed by atoms with Crippen molar-refractivity contribution in [3.63, 3.8) is 0 Å². The van der Waals surface area contributed by atoms with Gasteiger partial charge in [0.25, 0.3) is 10.0 Å². The maximum atomic E-state index is 13.1. The molecule has 0 radical (unpaired) electrons. The largest absolute Gasteiger partial charge is 0.396 e. The zero-order valence-electron chi connectivity index (χ0n) is 10.5. The predicted octanol–water partition coefficient (Wildman–Crippen LogP) is 2.73. The molecule has 0 atom stereocenters. The average molecular weight is 326 g/mol. The maximum Gasteiger partial charge on any atom is 0.263 e. The second kappa shape index (κ2) is 5.60. The number of nitrogens with two attached hydrogens (primary N) is 1. The third kappa shape index (κ3) is 3.24. The average Bonchev–Trinajstić information content (AvgIpc) is 2.42. The Morgan fingerprint density at radius 1 is 1.24 bits per heavy atom. The number of benzene rings is 2. The van der Waals surface area contributed by atoms with Gasteiger partial charge in [-0.15, -0.1) is 0 Å². The van der Waals surface area contributed by atoms with Crippen LogP contribution in [0.25, 0.3) is 0 Å². The first kappa shape index (κ1) is 15.1. The lowest BCUT2D eigenvalue weighted by atomic mass is 10.2. The topological polar surface area (TPSA) is 96.0 Å². The van der Waals surface area contributed by atoms with Gasteiger partial charge in [0.15, 0.2) is 0 Å². The van der Waals surface area contributed by atoms with Crippen molar-refractivity contribution in [2.24, 2.45) is 0 Å². The van der Waals surface area contributed by atoms with E-state index in [2.05, 4.69) is 4.72 Å². The first-order valence-electron chi connectivity index (χ1n) is 5.61. The van der Waals surface area contributed by atoms with Gasteiger partial charge >= 0.3 is 0 Å². The van der Waals surface area contributed by atoms with Crippen molar-refractivity contribution < 1.29 is 12.8 Å². The van der Waals surface area contributed by atoms with Crippen molar-refractivity contribution in [2.45, 2.75) is 4.90 Å². The minimum atomic E-state index is -4.04. The molecule has 3 N–H and O–H groups in total. The molecule has 0 unspecified atom stereocenters. The summed E-state index contributed by atoms with van der Waals surface area (Å²) < 4.78 is 39.8. The summed E-state index contributed by atoms with van der Waals surface area (Å²) in [4.78, 5) is -0.264. The molecule has 0 aromatic heterocycles. The van der Waals surface area contributed by atoms with Crippen LogP contribution in [0.5, 0.6) is 0 Å². The van der Waals surface area contributed by atoms with E-state index in [9.17, 15) is 12.8 Å². The molecule has 0 bridgehead atoms. The molecule has 21 heavy (non-hydrogen) atoms. The minimum Gasteiger partial charge on any atom is -0.396 e. The summed E-state index contributed by atoms with van der Waals surface area (Å²) in [5, 5.41) is 9.14. The Hall–Kier alpha value is -2.30. The van der Waals surface area contributed by atoms with Crippen LogP contribution in [0, 0.1) is 17.1 Å². The van der Waals surface area contributed by atoms with Gasteiger partial charge in [0.2, 0.25) is 0 Å². The lowest BCUT2D eigenvalue weighted by Crippen LogP contribution is -2.14. The molecule has 8 heteroatoms. The lowest BCUT2D eigenvalue weighted by molar-refractivity contribution is 0.601. The van der Waals surface area contributed by atoms with Crippen molar-refractivity contribution >= 4 is 33.0 Å². The molecule has 2 aromatic carbocycles. The van der Waals surface area contributed by atoms with Crippen LogP contribution in [0.4, 0.5) is 15.8 Å². The molecule has 0 fully saturated rings. The molecule has 2 aromatic rings. The minimum absolute atomic E-state index is 0.0537. The number of rotatable bonds is 3. The van der Waals surface area contributed by atoms with Crippen molar-refractivity contribution in [2.75, 3.05) is 10.5 Å². The van der Waals surface area contributed by atoms with Crippen molar-refractivity contribution in [3.05, 3.63) is 52.8 Å². The second-order valence-electron chi connectivity index (χ2n) is 4.09. The van der Waals surface area contributed by atoms with Gasteiger partial charge in [0, 0.05) is 5.02 Å². The molecular formula is C13H9ClFN3O2S. The van der Waals surface area contributed by atoms with Gasteiger partial charge < -0.3 is 5.73 Å². The van der Waals surface area contributed by atoms with Crippen LogP contribution in [0.1, 0.15) is 5.56 Å². The number of nitrogen functional groups attached to an aromatic ring is 1. The van der Waals surface area contributed by atoms with Gasteiger partial charge in [-0.2, -0.15) is 5.26 Å². The zero-order valence-corrected chi connectivity index (χ0v) is 12.0. The first-order valence-corrected chi connectivity index (χ1v) is 7.47. The first-order chi connectivity index (χ1) is 9.83. The summed E-state index contributed by atoms with van der Waals surface area (Å²) in [6.07, 6.45) is 0. The highest BCUT2D eigenvalue weighted by Crippen LogP contribution is 2.24. The Bertz CT molecular complexity index is 847. The molecule has 0 aliphatic carbocycles. The summed E-state index contributed by atoms with van der Waals surface area (Å²) in [5.74, 6) is -0.654. The van der Waals surface area contributed by atoms with Crippen molar-refractivity contribution in [1.29, 1.82) is 5.26 Å². The van der Waals surface area contributed by atoms with E-state index in [1.807, 2.05) is 0 Å². The SMILES string of the molecule is N#Cc1ccc(Cl)cc1S(=O)(=O)Nc1ccc(F)c(N)c1. The summed E-state index contributed by atoms with van der Waals surface area (Å²) in [5.41, 5.74) is 5.21. The Kier molecular flexibility index (Phi) is 4.02. The van der Waals surface area contributed by atoms with Gasteiger partial charge in [-0.25, -0.2) is 12.8 Å². The Morgan fingerprint density at radius 2 is 1.95 bits per heavy atom. The van der Waals surface area contributed by atoms with E-state index in [-0.39, 0.29) is 26.9 Å². The van der Waals surface area contributed by atoms with E-state index in [0.717, 1.165) is 18.2 Å². The summed E-state index contributed by atoms with van der Waals surface area (Å²) in [7, 11) is -4.04. The second-order valence-corrected chi connectivity index (χ2v) is 6.18. The molecule has 0 aliphatic rings. The Morgan fingerprint density at radius 3 is 2.57 bits per heavy atom.